The number of hydrogen-bond donors (Lipinski definition) is 0. The third-order valence-corrected chi connectivity index (χ3v) is 7.61. The molecule has 0 aliphatic carbocycles. The first-order valence-electron chi connectivity index (χ1n) is 9.62. The molecule has 1 heterocycles. The third-order valence-electron chi connectivity index (χ3n) is 4.76. The molecule has 4 rings (SSSR count). The number of thioether (sulfide) groups is 1. The Labute approximate surface area is 226 Å². The molecule has 11 heteroatoms. The van der Waals surface area contributed by atoms with Gasteiger partial charge in [-0.25, -0.2) is 0 Å². The molecule has 0 bridgehead atoms. The SMILES string of the molecule is O=C1/C(=C/c2cc(Br)c(OCc3ccccc3Cl)c(Br)c2)SC(=S)N1c1ccc([N+](=O)[O-])cc1. The van der Waals surface area contributed by atoms with E-state index in [0.29, 0.717) is 41.2 Å². The van der Waals surface area contributed by atoms with Gasteiger partial charge in [-0.1, -0.05) is 53.8 Å². The summed E-state index contributed by atoms with van der Waals surface area (Å²) in [5.41, 5.74) is 2.04. The number of nitro benzene ring substituents is 1. The summed E-state index contributed by atoms with van der Waals surface area (Å²) in [6.07, 6.45) is 1.73. The van der Waals surface area contributed by atoms with Gasteiger partial charge in [-0.15, -0.1) is 0 Å². The number of non-ortho nitro benzene ring substituents is 1. The van der Waals surface area contributed by atoms with Gasteiger partial charge < -0.3 is 4.74 Å². The zero-order chi connectivity index (χ0) is 24.4. The first-order chi connectivity index (χ1) is 16.2. The molecule has 0 spiro atoms. The number of ether oxygens (including phenoxy) is 1. The van der Waals surface area contributed by atoms with Gasteiger partial charge in [-0.2, -0.15) is 0 Å². The normalized spacial score (nSPS) is 14.7. The van der Waals surface area contributed by atoms with Crippen molar-refractivity contribution in [2.75, 3.05) is 4.90 Å². The average molecular weight is 641 g/mol. The van der Waals surface area contributed by atoms with Crippen LogP contribution >= 0.6 is 67.4 Å². The Kier molecular flexibility index (Phi) is 7.73. The van der Waals surface area contributed by atoms with E-state index < -0.39 is 4.92 Å². The number of rotatable bonds is 6. The molecule has 0 unspecified atom stereocenters. The van der Waals surface area contributed by atoms with Gasteiger partial charge in [-0.05, 0) is 73.8 Å². The summed E-state index contributed by atoms with van der Waals surface area (Å²) in [5, 5.41) is 11.5. The standard InChI is InChI=1S/C23H13Br2ClN2O4S2/c24-17-9-13(10-18(25)21(17)32-12-14-3-1-2-4-19(14)26)11-20-22(29)27(23(33)34-20)15-5-7-16(8-6-15)28(30)31/h1-11H,12H2/b20-11-. The lowest BCUT2D eigenvalue weighted by Crippen LogP contribution is -2.27. The molecule has 0 radical (unpaired) electrons. The van der Waals surface area contributed by atoms with E-state index in [0.717, 1.165) is 11.1 Å². The van der Waals surface area contributed by atoms with Crippen LogP contribution in [0.3, 0.4) is 0 Å². The molecule has 1 saturated heterocycles. The number of carbonyl (C=O) groups excluding carboxylic acids is 1. The van der Waals surface area contributed by atoms with Gasteiger partial charge >= 0.3 is 0 Å². The second-order valence-electron chi connectivity index (χ2n) is 6.98. The van der Waals surface area contributed by atoms with Crippen LogP contribution in [0.2, 0.25) is 5.02 Å². The topological polar surface area (TPSA) is 72.7 Å². The largest absolute Gasteiger partial charge is 0.486 e. The Balaban J connectivity index is 1.54. The van der Waals surface area contributed by atoms with Crippen LogP contribution in [0.1, 0.15) is 11.1 Å². The zero-order valence-corrected chi connectivity index (χ0v) is 22.6. The van der Waals surface area contributed by atoms with Gasteiger partial charge in [0.15, 0.2) is 4.32 Å². The van der Waals surface area contributed by atoms with Gasteiger partial charge in [0.05, 0.1) is 24.5 Å². The summed E-state index contributed by atoms with van der Waals surface area (Å²) < 4.78 is 7.70. The van der Waals surface area contributed by atoms with Crippen LogP contribution in [0.4, 0.5) is 11.4 Å². The van der Waals surface area contributed by atoms with Crippen LogP contribution in [0.25, 0.3) is 6.08 Å². The van der Waals surface area contributed by atoms with Crippen molar-refractivity contribution in [3.8, 4) is 5.75 Å². The van der Waals surface area contributed by atoms with Crippen LogP contribution < -0.4 is 9.64 Å². The Hall–Kier alpha value is -2.24. The summed E-state index contributed by atoms with van der Waals surface area (Å²) >= 11 is 19.8. The first kappa shape index (κ1) is 24.9. The monoisotopic (exact) mass is 638 g/mol. The second-order valence-corrected chi connectivity index (χ2v) is 10.8. The molecular weight excluding hydrogens is 628 g/mol. The second kappa shape index (κ2) is 10.6. The minimum atomic E-state index is -0.495. The molecule has 1 aliphatic heterocycles. The van der Waals surface area contributed by atoms with Crippen LogP contribution in [0, 0.1) is 10.1 Å². The number of carbonyl (C=O) groups is 1. The molecule has 0 N–H and O–H groups in total. The van der Waals surface area contributed by atoms with Crippen molar-refractivity contribution in [2.24, 2.45) is 0 Å². The highest BCUT2D eigenvalue weighted by Gasteiger charge is 2.33. The number of thiocarbonyl (C=S) groups is 1. The van der Waals surface area contributed by atoms with E-state index in [4.69, 9.17) is 28.6 Å². The molecule has 0 atom stereocenters. The smallest absolute Gasteiger partial charge is 0.270 e. The summed E-state index contributed by atoms with van der Waals surface area (Å²) in [7, 11) is 0. The minimum Gasteiger partial charge on any atom is -0.486 e. The predicted octanol–water partition coefficient (Wildman–Crippen LogP) is 7.76. The van der Waals surface area contributed by atoms with Crippen LogP contribution in [-0.2, 0) is 11.4 Å². The van der Waals surface area contributed by atoms with Crippen LogP contribution in [0.15, 0.2) is 74.5 Å². The number of halogens is 3. The van der Waals surface area contributed by atoms with E-state index in [2.05, 4.69) is 31.9 Å². The van der Waals surface area contributed by atoms with Crippen molar-refractivity contribution >= 4 is 95.1 Å². The Morgan fingerprint density at radius 2 is 1.76 bits per heavy atom. The summed E-state index contributed by atoms with van der Waals surface area (Å²) in [4.78, 5) is 25.2. The number of benzene rings is 3. The fourth-order valence-electron chi connectivity index (χ4n) is 3.13. The van der Waals surface area contributed by atoms with Crippen molar-refractivity contribution in [2.45, 2.75) is 6.61 Å². The summed E-state index contributed by atoms with van der Waals surface area (Å²) in [6, 6.07) is 16.8. The molecule has 0 aromatic heterocycles. The molecule has 3 aromatic carbocycles. The summed E-state index contributed by atoms with van der Waals surface area (Å²) in [6.45, 7) is 0.296. The lowest BCUT2D eigenvalue weighted by Gasteiger charge is -2.14. The van der Waals surface area contributed by atoms with Gasteiger partial charge in [0.25, 0.3) is 11.6 Å². The molecule has 1 fully saturated rings. The molecular formula is C23H13Br2ClN2O4S2. The van der Waals surface area contributed by atoms with Gasteiger partial charge in [0, 0.05) is 22.7 Å². The van der Waals surface area contributed by atoms with E-state index in [-0.39, 0.29) is 11.6 Å². The maximum absolute atomic E-state index is 13.0. The van der Waals surface area contributed by atoms with Gasteiger partial charge in [-0.3, -0.25) is 19.8 Å². The van der Waals surface area contributed by atoms with Crippen LogP contribution in [-0.4, -0.2) is 15.2 Å². The molecule has 1 amide bonds. The molecule has 0 saturated carbocycles. The van der Waals surface area contributed by atoms with Gasteiger partial charge in [0.1, 0.15) is 12.4 Å². The first-order valence-corrected chi connectivity index (χ1v) is 12.8. The summed E-state index contributed by atoms with van der Waals surface area (Å²) in [5.74, 6) is 0.311. The van der Waals surface area contributed by atoms with E-state index in [9.17, 15) is 14.9 Å². The lowest BCUT2D eigenvalue weighted by atomic mass is 10.2. The van der Waals surface area contributed by atoms with Gasteiger partial charge in [0.2, 0.25) is 0 Å². The van der Waals surface area contributed by atoms with Crippen molar-refractivity contribution in [1.82, 2.24) is 0 Å². The average Bonchev–Trinajstić information content (AvgIpc) is 3.07. The van der Waals surface area contributed by atoms with Crippen molar-refractivity contribution in [1.29, 1.82) is 0 Å². The highest BCUT2D eigenvalue weighted by molar-refractivity contribution is 9.11. The molecule has 6 nitrogen and oxygen atoms in total. The van der Waals surface area contributed by atoms with Crippen molar-refractivity contribution in [3.63, 3.8) is 0 Å². The van der Waals surface area contributed by atoms with E-state index in [1.165, 1.54) is 40.9 Å². The number of nitrogens with zero attached hydrogens (tertiary/aromatic N) is 2. The lowest BCUT2D eigenvalue weighted by molar-refractivity contribution is -0.384. The Morgan fingerprint density at radius 3 is 2.38 bits per heavy atom. The number of hydrogen-bond acceptors (Lipinski definition) is 6. The molecule has 172 valence electrons. The number of amides is 1. The molecule has 3 aromatic rings. The van der Waals surface area contributed by atoms with Crippen LogP contribution in [0.5, 0.6) is 5.75 Å². The highest BCUT2D eigenvalue weighted by Crippen LogP contribution is 2.39. The van der Waals surface area contributed by atoms with E-state index >= 15 is 0 Å². The van der Waals surface area contributed by atoms with Crippen molar-refractivity contribution < 1.29 is 14.5 Å². The maximum Gasteiger partial charge on any atom is 0.270 e. The number of anilines is 1. The zero-order valence-electron chi connectivity index (χ0n) is 17.0. The maximum atomic E-state index is 13.0. The minimum absolute atomic E-state index is 0.0590. The molecule has 34 heavy (non-hydrogen) atoms. The fourth-order valence-corrected chi connectivity index (χ4v) is 6.07. The van der Waals surface area contributed by atoms with E-state index in [1.54, 1.807) is 12.1 Å². The highest BCUT2D eigenvalue weighted by atomic mass is 79.9. The molecule has 1 aliphatic rings. The number of nitro groups is 1. The third kappa shape index (κ3) is 5.36. The van der Waals surface area contributed by atoms with Crippen molar-refractivity contribution in [3.05, 3.63) is 101 Å². The fraction of sp³-hybridized carbons (Fsp3) is 0.0435. The quantitative estimate of drug-likeness (QED) is 0.119. The predicted molar refractivity (Wildman–Crippen MR) is 146 cm³/mol. The Bertz CT molecular complexity index is 1330. The van der Waals surface area contributed by atoms with E-state index in [1.807, 2.05) is 30.3 Å². The Morgan fingerprint density at radius 1 is 1.12 bits per heavy atom.